The summed E-state index contributed by atoms with van der Waals surface area (Å²) in [5.74, 6) is 0.420. The lowest BCUT2D eigenvalue weighted by Gasteiger charge is -2.31. The molecule has 2 rings (SSSR count). The second-order valence-electron chi connectivity index (χ2n) is 5.06. The molecule has 0 N–H and O–H groups in total. The van der Waals surface area contributed by atoms with Crippen LogP contribution in [0.2, 0.25) is 0 Å². The highest BCUT2D eigenvalue weighted by Crippen LogP contribution is 2.27. The summed E-state index contributed by atoms with van der Waals surface area (Å²) < 4.78 is 13.1. The number of carbonyl (C=O) groups excluding carboxylic acids is 1. The number of carbonyl (C=O) groups is 1. The van der Waals surface area contributed by atoms with Crippen LogP contribution in [0.4, 0.5) is 4.39 Å². The Kier molecular flexibility index (Phi) is 4.48. The van der Waals surface area contributed by atoms with Gasteiger partial charge in [-0.15, -0.1) is 0 Å². The third-order valence-electron chi connectivity index (χ3n) is 3.70. The van der Waals surface area contributed by atoms with Gasteiger partial charge in [0.15, 0.2) is 5.78 Å². The van der Waals surface area contributed by atoms with Crippen LogP contribution >= 0.6 is 0 Å². The van der Waals surface area contributed by atoms with Crippen LogP contribution in [0, 0.1) is 11.7 Å². The summed E-state index contributed by atoms with van der Waals surface area (Å²) in [5.41, 5.74) is 0.474. The van der Waals surface area contributed by atoms with Crippen LogP contribution in [0.25, 0.3) is 0 Å². The van der Waals surface area contributed by atoms with Gasteiger partial charge in [-0.25, -0.2) is 4.39 Å². The van der Waals surface area contributed by atoms with Crippen LogP contribution in [0.3, 0.4) is 0 Å². The van der Waals surface area contributed by atoms with Crippen LogP contribution in [0.5, 0.6) is 0 Å². The number of hydrogen-bond acceptors (Lipinski definition) is 2. The normalized spacial score (nSPS) is 15.7. The summed E-state index contributed by atoms with van der Waals surface area (Å²) in [6.07, 6.45) is 3.88. The van der Waals surface area contributed by atoms with E-state index in [-0.39, 0.29) is 11.6 Å². The second kappa shape index (κ2) is 6.10. The predicted molar refractivity (Wildman–Crippen MR) is 70.2 cm³/mol. The average molecular weight is 249 g/mol. The van der Waals surface area contributed by atoms with E-state index >= 15 is 0 Å². The highest BCUT2D eigenvalue weighted by molar-refractivity contribution is 5.97. The zero-order valence-electron chi connectivity index (χ0n) is 10.9. The van der Waals surface area contributed by atoms with E-state index in [1.807, 2.05) is 0 Å². The summed E-state index contributed by atoms with van der Waals surface area (Å²) in [4.78, 5) is 14.2. The van der Waals surface area contributed by atoms with Gasteiger partial charge in [-0.3, -0.25) is 9.69 Å². The van der Waals surface area contributed by atoms with E-state index in [9.17, 15) is 9.18 Å². The monoisotopic (exact) mass is 249 g/mol. The predicted octanol–water partition coefficient (Wildman–Crippen LogP) is 3.13. The molecule has 0 aliphatic heterocycles. The first kappa shape index (κ1) is 13.2. The van der Waals surface area contributed by atoms with Gasteiger partial charge in [-0.2, -0.15) is 0 Å². The van der Waals surface area contributed by atoms with Crippen molar-refractivity contribution in [1.29, 1.82) is 0 Å². The molecule has 2 nitrogen and oxygen atoms in total. The molecular weight excluding hydrogens is 229 g/mol. The standard InChI is InChI=1S/C15H20FNO/c1-2-17(10-12-5-3-6-12)11-15(18)13-7-4-8-14(16)9-13/h4,7-9,12H,2-3,5-6,10-11H2,1H3. The fraction of sp³-hybridized carbons (Fsp3) is 0.533. The molecule has 0 amide bonds. The molecule has 98 valence electrons. The molecule has 1 aliphatic carbocycles. The first-order chi connectivity index (χ1) is 8.69. The lowest BCUT2D eigenvalue weighted by atomic mass is 9.85. The van der Waals surface area contributed by atoms with Crippen LogP contribution in [0.15, 0.2) is 24.3 Å². The van der Waals surface area contributed by atoms with Crippen molar-refractivity contribution in [3.63, 3.8) is 0 Å². The summed E-state index contributed by atoms with van der Waals surface area (Å²) in [6, 6.07) is 5.95. The number of nitrogens with zero attached hydrogens (tertiary/aromatic N) is 1. The van der Waals surface area contributed by atoms with E-state index in [1.54, 1.807) is 12.1 Å². The van der Waals surface area contributed by atoms with E-state index in [1.165, 1.54) is 31.4 Å². The van der Waals surface area contributed by atoms with Crippen molar-refractivity contribution >= 4 is 5.78 Å². The van der Waals surface area contributed by atoms with Gasteiger partial charge in [0, 0.05) is 12.1 Å². The molecule has 0 bridgehead atoms. The minimum absolute atomic E-state index is 0.00988. The van der Waals surface area contributed by atoms with Gasteiger partial charge in [0.25, 0.3) is 0 Å². The second-order valence-corrected chi connectivity index (χ2v) is 5.06. The number of hydrogen-bond donors (Lipinski definition) is 0. The Morgan fingerprint density at radius 3 is 2.78 bits per heavy atom. The first-order valence-electron chi connectivity index (χ1n) is 6.70. The van der Waals surface area contributed by atoms with Gasteiger partial charge in [0.1, 0.15) is 5.82 Å². The maximum Gasteiger partial charge on any atom is 0.176 e. The maximum atomic E-state index is 13.1. The number of rotatable bonds is 6. The number of benzene rings is 1. The molecule has 3 heteroatoms. The third kappa shape index (κ3) is 3.39. The molecule has 0 unspecified atom stereocenters. The van der Waals surface area contributed by atoms with Gasteiger partial charge in [-0.1, -0.05) is 25.5 Å². The zero-order valence-corrected chi connectivity index (χ0v) is 10.9. The molecule has 1 aliphatic rings. The SMILES string of the molecule is CCN(CC(=O)c1cccc(F)c1)CC1CCC1. The van der Waals surface area contributed by atoms with Crippen molar-refractivity contribution < 1.29 is 9.18 Å². The van der Waals surface area contributed by atoms with E-state index in [4.69, 9.17) is 0 Å². The average Bonchev–Trinajstić information content (AvgIpc) is 2.31. The van der Waals surface area contributed by atoms with E-state index in [0.29, 0.717) is 12.1 Å². The van der Waals surface area contributed by atoms with Crippen LogP contribution in [-0.4, -0.2) is 30.3 Å². The maximum absolute atomic E-state index is 13.1. The van der Waals surface area contributed by atoms with Crippen LogP contribution in [-0.2, 0) is 0 Å². The smallest absolute Gasteiger partial charge is 0.176 e. The molecule has 0 radical (unpaired) electrons. The topological polar surface area (TPSA) is 20.3 Å². The van der Waals surface area contributed by atoms with Gasteiger partial charge >= 0.3 is 0 Å². The molecule has 0 atom stereocenters. The van der Waals surface area contributed by atoms with Crippen LogP contribution in [0.1, 0.15) is 36.5 Å². The van der Waals surface area contributed by atoms with E-state index < -0.39 is 0 Å². The van der Waals surface area contributed by atoms with Crippen molar-refractivity contribution in [2.75, 3.05) is 19.6 Å². The molecular formula is C15H20FNO. The number of likely N-dealkylation sites (N-methyl/N-ethyl adjacent to an activating group) is 1. The van der Waals surface area contributed by atoms with E-state index in [2.05, 4.69) is 11.8 Å². The Hall–Kier alpha value is -1.22. The molecule has 0 heterocycles. The van der Waals surface area contributed by atoms with Crippen molar-refractivity contribution in [1.82, 2.24) is 4.90 Å². The Morgan fingerprint density at radius 2 is 2.22 bits per heavy atom. The molecule has 0 spiro atoms. The minimum atomic E-state index is -0.345. The highest BCUT2D eigenvalue weighted by atomic mass is 19.1. The zero-order chi connectivity index (χ0) is 13.0. The molecule has 1 aromatic carbocycles. The van der Waals surface area contributed by atoms with Crippen molar-refractivity contribution in [2.24, 2.45) is 5.92 Å². The summed E-state index contributed by atoms with van der Waals surface area (Å²) in [5, 5.41) is 0. The fourth-order valence-corrected chi connectivity index (χ4v) is 2.30. The van der Waals surface area contributed by atoms with Crippen LogP contribution < -0.4 is 0 Å². The minimum Gasteiger partial charge on any atom is -0.296 e. The lowest BCUT2D eigenvalue weighted by molar-refractivity contribution is 0.0904. The number of halogens is 1. The fourth-order valence-electron chi connectivity index (χ4n) is 2.30. The Labute approximate surface area is 108 Å². The lowest BCUT2D eigenvalue weighted by Crippen LogP contribution is -2.36. The molecule has 18 heavy (non-hydrogen) atoms. The molecule has 0 aromatic heterocycles. The van der Waals surface area contributed by atoms with Gasteiger partial charge in [-0.05, 0) is 37.4 Å². The van der Waals surface area contributed by atoms with Crippen molar-refractivity contribution in [3.05, 3.63) is 35.6 Å². The Morgan fingerprint density at radius 1 is 1.44 bits per heavy atom. The van der Waals surface area contributed by atoms with E-state index in [0.717, 1.165) is 19.0 Å². The Balaban J connectivity index is 1.91. The van der Waals surface area contributed by atoms with Crippen molar-refractivity contribution in [2.45, 2.75) is 26.2 Å². The first-order valence-corrected chi connectivity index (χ1v) is 6.70. The third-order valence-corrected chi connectivity index (χ3v) is 3.70. The summed E-state index contributed by atoms with van der Waals surface area (Å²) in [6.45, 7) is 4.34. The molecule has 1 aromatic rings. The molecule has 0 saturated heterocycles. The largest absolute Gasteiger partial charge is 0.296 e. The number of Topliss-reactive ketones (excluding diaryl/α,β-unsaturated/α-hetero) is 1. The summed E-state index contributed by atoms with van der Waals surface area (Å²) in [7, 11) is 0. The van der Waals surface area contributed by atoms with Gasteiger partial charge < -0.3 is 0 Å². The molecule has 1 saturated carbocycles. The molecule has 1 fully saturated rings. The van der Waals surface area contributed by atoms with Gasteiger partial charge in [0.05, 0.1) is 6.54 Å². The van der Waals surface area contributed by atoms with Crippen molar-refractivity contribution in [3.8, 4) is 0 Å². The quantitative estimate of drug-likeness (QED) is 0.722. The highest BCUT2D eigenvalue weighted by Gasteiger charge is 2.21. The Bertz CT molecular complexity index is 415. The van der Waals surface area contributed by atoms with Gasteiger partial charge in [0.2, 0.25) is 0 Å². The number of ketones is 1. The summed E-state index contributed by atoms with van der Waals surface area (Å²) >= 11 is 0.